The SMILES string of the molecule is O=C(c1cnc2n1CCN(Cc1ccsc1)C2)N1CCCC1. The lowest BCUT2D eigenvalue weighted by atomic mass is 10.2. The third kappa shape index (κ3) is 2.57. The van der Waals surface area contributed by atoms with E-state index in [-0.39, 0.29) is 5.91 Å². The van der Waals surface area contributed by atoms with Crippen molar-refractivity contribution in [1.82, 2.24) is 19.4 Å². The number of aromatic nitrogens is 2. The lowest BCUT2D eigenvalue weighted by Crippen LogP contribution is -2.36. The van der Waals surface area contributed by atoms with Gasteiger partial charge in [0, 0.05) is 32.7 Å². The van der Waals surface area contributed by atoms with Crippen molar-refractivity contribution in [2.45, 2.75) is 32.5 Å². The Labute approximate surface area is 134 Å². The van der Waals surface area contributed by atoms with E-state index in [2.05, 4.69) is 31.3 Å². The summed E-state index contributed by atoms with van der Waals surface area (Å²) in [5, 5.41) is 4.32. The van der Waals surface area contributed by atoms with E-state index in [9.17, 15) is 4.79 Å². The Hall–Kier alpha value is -1.66. The minimum Gasteiger partial charge on any atom is -0.337 e. The van der Waals surface area contributed by atoms with E-state index in [0.717, 1.165) is 63.6 Å². The monoisotopic (exact) mass is 316 g/mol. The van der Waals surface area contributed by atoms with E-state index in [1.807, 2.05) is 4.90 Å². The number of rotatable bonds is 3. The zero-order valence-corrected chi connectivity index (χ0v) is 13.4. The largest absolute Gasteiger partial charge is 0.337 e. The zero-order valence-electron chi connectivity index (χ0n) is 12.6. The van der Waals surface area contributed by atoms with Crippen LogP contribution in [0, 0.1) is 0 Å². The van der Waals surface area contributed by atoms with Gasteiger partial charge in [0.15, 0.2) is 0 Å². The van der Waals surface area contributed by atoms with Crippen molar-refractivity contribution in [3.8, 4) is 0 Å². The molecular weight excluding hydrogens is 296 g/mol. The fourth-order valence-corrected chi connectivity index (χ4v) is 4.00. The molecule has 2 aromatic heterocycles. The van der Waals surface area contributed by atoms with Crippen molar-refractivity contribution in [1.29, 1.82) is 0 Å². The summed E-state index contributed by atoms with van der Waals surface area (Å²) in [6, 6.07) is 2.17. The second kappa shape index (κ2) is 5.85. The molecule has 1 saturated heterocycles. The van der Waals surface area contributed by atoms with Gasteiger partial charge in [-0.15, -0.1) is 0 Å². The Bertz CT molecular complexity index is 658. The molecule has 0 radical (unpaired) electrons. The highest BCUT2D eigenvalue weighted by atomic mass is 32.1. The fraction of sp³-hybridized carbons (Fsp3) is 0.500. The van der Waals surface area contributed by atoms with Crippen LogP contribution in [0.5, 0.6) is 0 Å². The average molecular weight is 316 g/mol. The number of carbonyl (C=O) groups is 1. The number of thiophene rings is 1. The highest BCUT2D eigenvalue weighted by molar-refractivity contribution is 7.07. The van der Waals surface area contributed by atoms with Gasteiger partial charge in [-0.2, -0.15) is 11.3 Å². The molecule has 2 aliphatic rings. The first-order valence-electron chi connectivity index (χ1n) is 7.88. The van der Waals surface area contributed by atoms with E-state index in [1.165, 1.54) is 5.56 Å². The summed E-state index contributed by atoms with van der Waals surface area (Å²) in [7, 11) is 0. The summed E-state index contributed by atoms with van der Waals surface area (Å²) in [4.78, 5) is 21.4. The molecule has 0 spiro atoms. The van der Waals surface area contributed by atoms with Crippen molar-refractivity contribution < 1.29 is 4.79 Å². The highest BCUT2D eigenvalue weighted by Gasteiger charge is 2.27. The molecule has 0 bridgehead atoms. The summed E-state index contributed by atoms with van der Waals surface area (Å²) >= 11 is 1.74. The van der Waals surface area contributed by atoms with E-state index in [4.69, 9.17) is 0 Å². The molecule has 22 heavy (non-hydrogen) atoms. The van der Waals surface area contributed by atoms with E-state index >= 15 is 0 Å². The first-order valence-corrected chi connectivity index (χ1v) is 8.82. The summed E-state index contributed by atoms with van der Waals surface area (Å²) in [6.45, 7) is 5.40. The molecule has 5 nitrogen and oxygen atoms in total. The molecule has 0 N–H and O–H groups in total. The Balaban J connectivity index is 1.48. The number of imidazole rings is 1. The van der Waals surface area contributed by atoms with Crippen molar-refractivity contribution in [3.63, 3.8) is 0 Å². The van der Waals surface area contributed by atoms with Crippen LogP contribution in [0.15, 0.2) is 23.0 Å². The van der Waals surface area contributed by atoms with Gasteiger partial charge in [0.1, 0.15) is 11.5 Å². The number of likely N-dealkylation sites (tertiary alicyclic amines) is 1. The van der Waals surface area contributed by atoms with Crippen LogP contribution in [0.3, 0.4) is 0 Å². The van der Waals surface area contributed by atoms with Gasteiger partial charge in [-0.3, -0.25) is 9.69 Å². The third-order valence-electron chi connectivity index (χ3n) is 4.54. The number of amides is 1. The molecule has 0 aliphatic carbocycles. The van der Waals surface area contributed by atoms with Gasteiger partial charge in [-0.1, -0.05) is 0 Å². The average Bonchev–Trinajstić information content (AvgIpc) is 3.28. The van der Waals surface area contributed by atoms with E-state index in [0.29, 0.717) is 0 Å². The van der Waals surface area contributed by atoms with E-state index in [1.54, 1.807) is 17.5 Å². The molecule has 0 unspecified atom stereocenters. The molecule has 4 heterocycles. The first kappa shape index (κ1) is 14.0. The molecule has 1 fully saturated rings. The molecule has 6 heteroatoms. The van der Waals surface area contributed by atoms with Crippen molar-refractivity contribution in [2.75, 3.05) is 19.6 Å². The molecule has 116 valence electrons. The second-order valence-electron chi connectivity index (χ2n) is 6.05. The van der Waals surface area contributed by atoms with Crippen LogP contribution in [0.1, 0.15) is 34.7 Å². The zero-order chi connectivity index (χ0) is 14.9. The topological polar surface area (TPSA) is 41.4 Å². The van der Waals surface area contributed by atoms with Gasteiger partial charge in [0.25, 0.3) is 5.91 Å². The van der Waals surface area contributed by atoms with Gasteiger partial charge in [0.05, 0.1) is 12.7 Å². The summed E-state index contributed by atoms with van der Waals surface area (Å²) in [5.41, 5.74) is 2.13. The molecule has 1 amide bonds. The number of nitrogens with zero attached hydrogens (tertiary/aromatic N) is 4. The molecule has 2 aliphatic heterocycles. The molecule has 0 aromatic carbocycles. The van der Waals surface area contributed by atoms with Crippen LogP contribution in [-0.4, -0.2) is 44.9 Å². The Morgan fingerprint density at radius 2 is 2.09 bits per heavy atom. The van der Waals surface area contributed by atoms with Crippen molar-refractivity contribution in [3.05, 3.63) is 40.1 Å². The van der Waals surface area contributed by atoms with Crippen LogP contribution in [-0.2, 0) is 19.6 Å². The second-order valence-corrected chi connectivity index (χ2v) is 6.83. The predicted molar refractivity (Wildman–Crippen MR) is 85.8 cm³/mol. The number of hydrogen-bond donors (Lipinski definition) is 0. The molecule has 4 rings (SSSR count). The number of carbonyl (C=O) groups excluding carboxylic acids is 1. The third-order valence-corrected chi connectivity index (χ3v) is 5.27. The maximum Gasteiger partial charge on any atom is 0.272 e. The molecule has 2 aromatic rings. The quantitative estimate of drug-likeness (QED) is 0.872. The molecule has 0 atom stereocenters. The van der Waals surface area contributed by atoms with Crippen molar-refractivity contribution >= 4 is 17.2 Å². The van der Waals surface area contributed by atoms with Gasteiger partial charge in [0.2, 0.25) is 0 Å². The summed E-state index contributed by atoms with van der Waals surface area (Å²) < 4.78 is 2.12. The van der Waals surface area contributed by atoms with Crippen LogP contribution in [0.4, 0.5) is 0 Å². The smallest absolute Gasteiger partial charge is 0.272 e. The number of fused-ring (bicyclic) bond motifs is 1. The summed E-state index contributed by atoms with van der Waals surface area (Å²) in [6.07, 6.45) is 4.02. The normalized spacial score (nSPS) is 18.6. The van der Waals surface area contributed by atoms with Gasteiger partial charge >= 0.3 is 0 Å². The maximum absolute atomic E-state index is 12.6. The molecule has 0 saturated carbocycles. The molecular formula is C16H20N4OS. The predicted octanol–water partition coefficient (Wildman–Crippen LogP) is 2.20. The maximum atomic E-state index is 12.6. The van der Waals surface area contributed by atoms with Crippen LogP contribution < -0.4 is 0 Å². The Morgan fingerprint density at radius 1 is 1.23 bits per heavy atom. The first-order chi connectivity index (χ1) is 10.8. The Kier molecular flexibility index (Phi) is 3.72. The van der Waals surface area contributed by atoms with Crippen LogP contribution >= 0.6 is 11.3 Å². The minimum absolute atomic E-state index is 0.155. The lowest BCUT2D eigenvalue weighted by Gasteiger charge is -2.28. The van der Waals surface area contributed by atoms with Gasteiger partial charge in [-0.25, -0.2) is 4.98 Å². The van der Waals surface area contributed by atoms with Gasteiger partial charge < -0.3 is 9.47 Å². The lowest BCUT2D eigenvalue weighted by molar-refractivity contribution is 0.0777. The highest BCUT2D eigenvalue weighted by Crippen LogP contribution is 2.20. The van der Waals surface area contributed by atoms with E-state index < -0.39 is 0 Å². The Morgan fingerprint density at radius 3 is 2.86 bits per heavy atom. The number of hydrogen-bond acceptors (Lipinski definition) is 4. The standard InChI is InChI=1S/C16H20N4OS/c21-16(19-4-1-2-5-19)14-9-17-15-11-18(6-7-20(14)15)10-13-3-8-22-12-13/h3,8-9,12H,1-2,4-7,10-11H2. The minimum atomic E-state index is 0.155. The van der Waals surface area contributed by atoms with Crippen LogP contribution in [0.25, 0.3) is 0 Å². The van der Waals surface area contributed by atoms with Crippen LogP contribution in [0.2, 0.25) is 0 Å². The fourth-order valence-electron chi connectivity index (χ4n) is 3.34. The van der Waals surface area contributed by atoms with Crippen molar-refractivity contribution in [2.24, 2.45) is 0 Å². The van der Waals surface area contributed by atoms with Gasteiger partial charge in [-0.05, 0) is 35.2 Å². The summed E-state index contributed by atoms with van der Waals surface area (Å²) in [5.74, 6) is 1.17.